The smallest absolute Gasteiger partial charge is 0.0995 e. The lowest BCUT2D eigenvalue weighted by molar-refractivity contribution is 0.299. The first-order valence-electron chi connectivity index (χ1n) is 16.5. The third-order valence-electron chi connectivity index (χ3n) is 12.9. The van der Waals surface area contributed by atoms with E-state index in [9.17, 15) is 5.26 Å². The summed E-state index contributed by atoms with van der Waals surface area (Å²) in [6.45, 7) is 2.27. The van der Waals surface area contributed by atoms with Gasteiger partial charge in [-0.05, 0) is 106 Å². The van der Waals surface area contributed by atoms with Crippen molar-refractivity contribution in [2.45, 2.75) is 68.1 Å². The Kier molecular flexibility index (Phi) is 4.17. The molecule has 6 aliphatic rings. The van der Waals surface area contributed by atoms with Crippen LogP contribution in [-0.2, 0) is 10.8 Å². The molecule has 0 unspecified atom stereocenters. The molecule has 0 aliphatic heterocycles. The number of rotatable bonds is 0. The molecule has 2 bridgehead atoms. The molecule has 0 spiro atoms. The number of aryl methyl sites for hydroxylation is 1. The van der Waals surface area contributed by atoms with Crippen molar-refractivity contribution in [3.63, 3.8) is 0 Å². The predicted octanol–water partition coefficient (Wildman–Crippen LogP) is 10.0. The first-order valence-corrected chi connectivity index (χ1v) is 16.5. The van der Waals surface area contributed by atoms with Crippen LogP contribution in [-0.4, -0.2) is 4.98 Å². The maximum absolute atomic E-state index is 10.6. The molecule has 2 heteroatoms. The van der Waals surface area contributed by atoms with Crippen molar-refractivity contribution in [3.8, 4) is 17.2 Å². The Morgan fingerprint density at radius 3 is 1.86 bits per heavy atom. The Balaban J connectivity index is 1.28. The lowest BCUT2D eigenvalue weighted by Gasteiger charge is -2.48. The van der Waals surface area contributed by atoms with Gasteiger partial charge in [0.2, 0.25) is 0 Å². The molecule has 1 N–H and O–H groups in total. The fourth-order valence-electron chi connectivity index (χ4n) is 11.4. The van der Waals surface area contributed by atoms with Crippen LogP contribution in [0.15, 0.2) is 84.9 Å². The highest BCUT2D eigenvalue weighted by molar-refractivity contribution is 6.13. The number of H-pyrrole nitrogens is 1. The molecule has 0 saturated heterocycles. The van der Waals surface area contributed by atoms with Crippen LogP contribution < -0.4 is 0 Å². The van der Waals surface area contributed by atoms with Gasteiger partial charge >= 0.3 is 0 Å². The Labute approximate surface area is 257 Å². The van der Waals surface area contributed by atoms with Gasteiger partial charge in [-0.25, -0.2) is 0 Å². The van der Waals surface area contributed by atoms with E-state index >= 15 is 0 Å². The van der Waals surface area contributed by atoms with E-state index in [1.807, 2.05) is 0 Å². The topological polar surface area (TPSA) is 39.6 Å². The Hall–Kier alpha value is -4.61. The summed E-state index contributed by atoms with van der Waals surface area (Å²) in [6.07, 6.45) is 7.86. The molecule has 44 heavy (non-hydrogen) atoms. The number of aromatic nitrogens is 1. The van der Waals surface area contributed by atoms with Gasteiger partial charge in [0, 0.05) is 44.5 Å². The highest BCUT2D eigenvalue weighted by Crippen LogP contribution is 2.70. The molecule has 2 saturated carbocycles. The van der Waals surface area contributed by atoms with E-state index in [-0.39, 0.29) is 22.7 Å². The Morgan fingerprint density at radius 2 is 1.25 bits per heavy atom. The SMILES string of the molecule is Cc1ccc2c(c1)C13CCCC1(CCC3)c1cc3[nH]c4cc(C#N)c5c(c4c3cc1-2)C1c2ccccc2C5c2ccccc21. The molecular formula is C42H32N2. The van der Waals surface area contributed by atoms with Crippen LogP contribution in [0.3, 0.4) is 0 Å². The number of aromatic amines is 1. The zero-order valence-corrected chi connectivity index (χ0v) is 24.9. The largest absolute Gasteiger partial charge is 0.354 e. The molecule has 5 aromatic carbocycles. The lowest BCUT2D eigenvalue weighted by Crippen LogP contribution is -2.43. The fourth-order valence-corrected chi connectivity index (χ4v) is 11.4. The first-order chi connectivity index (χ1) is 21.6. The third kappa shape index (κ3) is 2.48. The van der Waals surface area contributed by atoms with Crippen LogP contribution in [0.1, 0.15) is 106 Å². The van der Waals surface area contributed by atoms with Crippen LogP contribution in [0.5, 0.6) is 0 Å². The third-order valence-corrected chi connectivity index (χ3v) is 12.9. The fraction of sp³-hybridized carbons (Fsp3) is 0.262. The van der Waals surface area contributed by atoms with Crippen molar-refractivity contribution in [3.05, 3.63) is 141 Å². The molecular weight excluding hydrogens is 532 g/mol. The number of nitrogens with zero attached hydrogens (tertiary/aromatic N) is 1. The number of nitrogens with one attached hydrogen (secondary N) is 1. The van der Waals surface area contributed by atoms with Crippen LogP contribution in [0.4, 0.5) is 0 Å². The Bertz CT molecular complexity index is 2290. The van der Waals surface area contributed by atoms with Gasteiger partial charge < -0.3 is 4.98 Å². The van der Waals surface area contributed by atoms with Gasteiger partial charge in [-0.3, -0.25) is 0 Å². The molecule has 6 aliphatic carbocycles. The average molecular weight is 565 g/mol. The normalized spacial score (nSPS) is 26.4. The summed E-state index contributed by atoms with van der Waals surface area (Å²) < 4.78 is 0. The van der Waals surface area contributed by atoms with E-state index < -0.39 is 0 Å². The molecule has 6 aromatic rings. The zero-order valence-electron chi connectivity index (χ0n) is 24.9. The van der Waals surface area contributed by atoms with Crippen molar-refractivity contribution in [2.24, 2.45) is 0 Å². The maximum atomic E-state index is 10.6. The van der Waals surface area contributed by atoms with Gasteiger partial charge in [-0.2, -0.15) is 5.26 Å². The van der Waals surface area contributed by atoms with E-state index in [4.69, 9.17) is 0 Å². The number of hydrogen-bond acceptors (Lipinski definition) is 1. The summed E-state index contributed by atoms with van der Waals surface area (Å²) in [6, 6.07) is 35.1. The standard InChI is InChI=1S/C42H32N2/c1-23-12-13-25-30-20-31-34(21-33(30)42-16-6-14-41(42,15-7-17-42)32(25)18-23)44-35-19-24(22-43)36-37-26-8-2-4-10-28(26)38(40(36)39(31)35)29-11-5-3-9-27(29)37/h2-5,8-13,18-21,37-38,44H,6-7,14-17H2,1H3. The molecule has 0 amide bonds. The molecule has 2 fully saturated rings. The Morgan fingerprint density at radius 1 is 0.659 bits per heavy atom. The van der Waals surface area contributed by atoms with Gasteiger partial charge in [0.1, 0.15) is 0 Å². The van der Waals surface area contributed by atoms with Gasteiger partial charge in [0.15, 0.2) is 0 Å². The van der Waals surface area contributed by atoms with Crippen LogP contribution in [0, 0.1) is 18.3 Å². The quantitative estimate of drug-likeness (QED) is 0.196. The molecule has 0 atom stereocenters. The van der Waals surface area contributed by atoms with E-state index in [1.54, 1.807) is 11.1 Å². The molecule has 0 radical (unpaired) electrons. The number of hydrogen-bond donors (Lipinski definition) is 1. The summed E-state index contributed by atoms with van der Waals surface area (Å²) in [5.41, 5.74) is 19.2. The van der Waals surface area contributed by atoms with Gasteiger partial charge in [-0.15, -0.1) is 0 Å². The van der Waals surface area contributed by atoms with Gasteiger partial charge in [-0.1, -0.05) is 85.1 Å². The van der Waals surface area contributed by atoms with Crippen LogP contribution in [0.25, 0.3) is 32.9 Å². The van der Waals surface area contributed by atoms with Crippen LogP contribution >= 0.6 is 0 Å². The second-order valence-corrected chi connectivity index (χ2v) is 14.4. The highest BCUT2D eigenvalue weighted by Gasteiger charge is 2.62. The monoisotopic (exact) mass is 564 g/mol. The van der Waals surface area contributed by atoms with E-state index in [1.165, 1.54) is 105 Å². The molecule has 12 rings (SSSR count). The number of benzene rings is 5. The van der Waals surface area contributed by atoms with Crippen molar-refractivity contribution >= 4 is 21.8 Å². The minimum absolute atomic E-state index is 0.0872. The molecule has 2 nitrogen and oxygen atoms in total. The minimum atomic E-state index is 0.0872. The number of fused-ring (bicyclic) bond motifs is 6. The van der Waals surface area contributed by atoms with Gasteiger partial charge in [0.05, 0.1) is 11.6 Å². The first kappa shape index (κ1) is 23.8. The van der Waals surface area contributed by atoms with Crippen molar-refractivity contribution in [1.82, 2.24) is 4.98 Å². The second-order valence-electron chi connectivity index (χ2n) is 14.4. The number of nitriles is 1. The highest BCUT2D eigenvalue weighted by atomic mass is 14.7. The van der Waals surface area contributed by atoms with Crippen molar-refractivity contribution in [2.75, 3.05) is 0 Å². The average Bonchev–Trinajstić information content (AvgIpc) is 3.74. The summed E-state index contributed by atoms with van der Waals surface area (Å²) >= 11 is 0. The van der Waals surface area contributed by atoms with E-state index in [2.05, 4.69) is 103 Å². The molecule has 1 aromatic heterocycles. The molecule has 1 heterocycles. The minimum Gasteiger partial charge on any atom is -0.354 e. The summed E-state index contributed by atoms with van der Waals surface area (Å²) in [7, 11) is 0. The summed E-state index contributed by atoms with van der Waals surface area (Å²) in [4.78, 5) is 3.90. The second kappa shape index (κ2) is 7.72. The summed E-state index contributed by atoms with van der Waals surface area (Å²) in [5.74, 6) is 0.211. The maximum Gasteiger partial charge on any atom is 0.0995 e. The van der Waals surface area contributed by atoms with E-state index in [0.717, 1.165) is 11.1 Å². The molecule has 210 valence electrons. The van der Waals surface area contributed by atoms with Crippen molar-refractivity contribution in [1.29, 1.82) is 5.26 Å². The zero-order chi connectivity index (χ0) is 28.9. The van der Waals surface area contributed by atoms with Gasteiger partial charge in [0.25, 0.3) is 0 Å². The predicted molar refractivity (Wildman–Crippen MR) is 177 cm³/mol. The van der Waals surface area contributed by atoms with E-state index in [0.29, 0.717) is 0 Å². The lowest BCUT2D eigenvalue weighted by atomic mass is 9.55. The summed E-state index contributed by atoms with van der Waals surface area (Å²) in [5, 5.41) is 13.2. The van der Waals surface area contributed by atoms with Crippen molar-refractivity contribution < 1.29 is 0 Å². The van der Waals surface area contributed by atoms with Crippen LogP contribution in [0.2, 0.25) is 0 Å².